The summed E-state index contributed by atoms with van der Waals surface area (Å²) >= 11 is 7.56. The maximum absolute atomic E-state index is 5.95. The first-order valence-electron chi connectivity index (χ1n) is 3.91. The maximum Gasteiger partial charge on any atom is 0.0668 e. The fourth-order valence-corrected chi connectivity index (χ4v) is 2.35. The summed E-state index contributed by atoms with van der Waals surface area (Å²) in [6.07, 6.45) is 2.23. The van der Waals surface area contributed by atoms with E-state index >= 15 is 0 Å². The van der Waals surface area contributed by atoms with Crippen molar-refractivity contribution in [2.75, 3.05) is 0 Å². The molecule has 1 aliphatic carbocycles. The monoisotopic (exact) mass is 199 g/mol. The molecule has 0 spiro atoms. The lowest BCUT2D eigenvalue weighted by Gasteiger charge is -2.07. The van der Waals surface area contributed by atoms with Gasteiger partial charge in [0.15, 0.2) is 0 Å². The van der Waals surface area contributed by atoms with Crippen LogP contribution in [-0.4, -0.2) is 4.87 Å². The van der Waals surface area contributed by atoms with E-state index in [0.717, 1.165) is 17.9 Å². The summed E-state index contributed by atoms with van der Waals surface area (Å²) in [7, 11) is 0. The summed E-state index contributed by atoms with van der Waals surface area (Å²) in [5.41, 5.74) is 5.95. The van der Waals surface area contributed by atoms with E-state index in [9.17, 15) is 0 Å². The molecule has 1 aromatic rings. The van der Waals surface area contributed by atoms with Gasteiger partial charge < -0.3 is 5.73 Å². The Hall–Kier alpha value is -0.180. The molecule has 0 aliphatic heterocycles. The minimum absolute atomic E-state index is 0.00465. The molecule has 0 atom stereocenters. The van der Waals surface area contributed by atoms with Crippen molar-refractivity contribution < 1.29 is 0 Å². The predicted octanol–water partition coefficient (Wildman–Crippen LogP) is 2.88. The molecule has 0 bridgehead atoms. The highest BCUT2D eigenvalue weighted by Gasteiger charge is 2.39. The van der Waals surface area contributed by atoms with Gasteiger partial charge in [-0.3, -0.25) is 0 Å². The van der Waals surface area contributed by atoms with Gasteiger partial charge in [0.05, 0.1) is 4.87 Å². The van der Waals surface area contributed by atoms with Crippen LogP contribution in [0.4, 0.5) is 0 Å². The topological polar surface area (TPSA) is 26.0 Å². The van der Waals surface area contributed by atoms with Gasteiger partial charge in [0.1, 0.15) is 0 Å². The van der Waals surface area contributed by atoms with Gasteiger partial charge in [-0.15, -0.1) is 11.8 Å². The Morgan fingerprint density at radius 1 is 1.42 bits per heavy atom. The van der Waals surface area contributed by atoms with Crippen molar-refractivity contribution in [3.05, 3.63) is 29.3 Å². The first-order valence-corrected chi connectivity index (χ1v) is 5.11. The summed E-state index contributed by atoms with van der Waals surface area (Å²) in [6, 6.07) is 7.83. The lowest BCUT2D eigenvalue weighted by atomic mass is 10.4. The van der Waals surface area contributed by atoms with Crippen LogP contribution in [0, 0.1) is 0 Å². The zero-order chi connectivity index (χ0) is 8.60. The highest BCUT2D eigenvalue weighted by molar-refractivity contribution is 8.01. The Morgan fingerprint density at radius 2 is 2.17 bits per heavy atom. The third-order valence-corrected chi connectivity index (χ3v) is 3.40. The lowest BCUT2D eigenvalue weighted by Crippen LogP contribution is -2.15. The Bertz CT molecular complexity index is 296. The lowest BCUT2D eigenvalue weighted by molar-refractivity contribution is 0.981. The molecule has 64 valence electrons. The van der Waals surface area contributed by atoms with Crippen molar-refractivity contribution in [2.24, 2.45) is 5.73 Å². The summed E-state index contributed by atoms with van der Waals surface area (Å²) < 4.78 is 0. The van der Waals surface area contributed by atoms with Crippen LogP contribution in [-0.2, 0) is 0 Å². The van der Waals surface area contributed by atoms with Crippen molar-refractivity contribution in [3.8, 4) is 0 Å². The van der Waals surface area contributed by atoms with Crippen LogP contribution in [0.15, 0.2) is 29.2 Å². The van der Waals surface area contributed by atoms with E-state index in [1.807, 2.05) is 24.3 Å². The fraction of sp³-hybridized carbons (Fsp3) is 0.333. The van der Waals surface area contributed by atoms with Crippen LogP contribution >= 0.6 is 23.4 Å². The molecule has 0 aromatic heterocycles. The van der Waals surface area contributed by atoms with E-state index in [2.05, 4.69) is 0 Å². The first kappa shape index (κ1) is 8.42. The Morgan fingerprint density at radius 3 is 2.75 bits per heavy atom. The molecule has 0 heterocycles. The van der Waals surface area contributed by atoms with Gasteiger partial charge in [-0.05, 0) is 31.0 Å². The van der Waals surface area contributed by atoms with E-state index in [1.165, 1.54) is 4.90 Å². The van der Waals surface area contributed by atoms with Crippen molar-refractivity contribution in [1.82, 2.24) is 0 Å². The number of rotatable bonds is 2. The number of benzene rings is 1. The number of nitrogens with two attached hydrogens (primary N) is 1. The molecule has 1 aromatic carbocycles. The van der Waals surface area contributed by atoms with Crippen molar-refractivity contribution in [3.63, 3.8) is 0 Å². The summed E-state index contributed by atoms with van der Waals surface area (Å²) in [6.45, 7) is 0. The van der Waals surface area contributed by atoms with Crippen LogP contribution in [0.1, 0.15) is 12.8 Å². The molecule has 2 rings (SSSR count). The molecule has 0 unspecified atom stereocenters. The normalized spacial score (nSPS) is 19.2. The van der Waals surface area contributed by atoms with Crippen LogP contribution in [0.3, 0.4) is 0 Å². The predicted molar refractivity (Wildman–Crippen MR) is 53.5 cm³/mol. The Labute approximate surface area is 81.3 Å². The van der Waals surface area contributed by atoms with E-state index in [-0.39, 0.29) is 4.87 Å². The van der Waals surface area contributed by atoms with Gasteiger partial charge in [-0.1, -0.05) is 17.7 Å². The smallest absolute Gasteiger partial charge is 0.0668 e. The summed E-state index contributed by atoms with van der Waals surface area (Å²) in [5, 5.41) is 0.782. The van der Waals surface area contributed by atoms with Crippen LogP contribution < -0.4 is 5.73 Å². The van der Waals surface area contributed by atoms with Gasteiger partial charge in [-0.25, -0.2) is 0 Å². The molecule has 0 radical (unpaired) electrons. The minimum atomic E-state index is 0.00465. The zero-order valence-electron chi connectivity index (χ0n) is 6.59. The van der Waals surface area contributed by atoms with Gasteiger partial charge in [-0.2, -0.15) is 0 Å². The van der Waals surface area contributed by atoms with E-state index in [4.69, 9.17) is 17.3 Å². The molecule has 1 aliphatic rings. The molecule has 1 saturated carbocycles. The third-order valence-electron chi connectivity index (χ3n) is 1.86. The van der Waals surface area contributed by atoms with Gasteiger partial charge >= 0.3 is 0 Å². The van der Waals surface area contributed by atoms with Crippen LogP contribution in [0.2, 0.25) is 5.02 Å². The van der Waals surface area contributed by atoms with Crippen LogP contribution in [0.5, 0.6) is 0 Å². The molecule has 0 saturated heterocycles. The minimum Gasteiger partial charge on any atom is -0.317 e. The fourth-order valence-electron chi connectivity index (χ4n) is 0.990. The van der Waals surface area contributed by atoms with Gasteiger partial charge in [0.2, 0.25) is 0 Å². The molecule has 3 heteroatoms. The summed E-state index contributed by atoms with van der Waals surface area (Å²) in [4.78, 5) is 1.17. The van der Waals surface area contributed by atoms with Crippen molar-refractivity contribution in [2.45, 2.75) is 22.6 Å². The molecule has 1 fully saturated rings. The standard InChI is InChI=1S/C9H10ClNS/c10-7-2-1-3-8(6-7)12-9(11)4-5-9/h1-3,6H,4-5,11H2. The maximum atomic E-state index is 5.95. The molecule has 12 heavy (non-hydrogen) atoms. The number of thioether (sulfide) groups is 1. The molecular weight excluding hydrogens is 190 g/mol. The van der Waals surface area contributed by atoms with Crippen LogP contribution in [0.25, 0.3) is 0 Å². The second kappa shape index (κ2) is 2.95. The first-order chi connectivity index (χ1) is 5.68. The zero-order valence-corrected chi connectivity index (χ0v) is 8.16. The molecule has 1 nitrogen and oxygen atoms in total. The average Bonchev–Trinajstić information content (AvgIpc) is 2.67. The van der Waals surface area contributed by atoms with Gasteiger partial charge in [0, 0.05) is 9.92 Å². The Balaban J connectivity index is 2.12. The Kier molecular flexibility index (Phi) is 2.07. The average molecular weight is 200 g/mol. The molecule has 0 amide bonds. The highest BCUT2D eigenvalue weighted by atomic mass is 35.5. The second-order valence-corrected chi connectivity index (χ2v) is 5.05. The van der Waals surface area contributed by atoms with E-state index in [1.54, 1.807) is 11.8 Å². The molecule has 2 N–H and O–H groups in total. The number of hydrogen-bond donors (Lipinski definition) is 1. The molecular formula is C9H10ClNS. The van der Waals surface area contributed by atoms with Crippen molar-refractivity contribution >= 4 is 23.4 Å². The number of hydrogen-bond acceptors (Lipinski definition) is 2. The quantitative estimate of drug-likeness (QED) is 0.742. The second-order valence-electron chi connectivity index (χ2n) is 3.12. The van der Waals surface area contributed by atoms with E-state index < -0.39 is 0 Å². The largest absolute Gasteiger partial charge is 0.317 e. The highest BCUT2D eigenvalue weighted by Crippen LogP contribution is 2.47. The van der Waals surface area contributed by atoms with Gasteiger partial charge in [0.25, 0.3) is 0 Å². The van der Waals surface area contributed by atoms with Crippen molar-refractivity contribution in [1.29, 1.82) is 0 Å². The third kappa shape index (κ3) is 1.94. The summed E-state index contributed by atoms with van der Waals surface area (Å²) in [5.74, 6) is 0. The number of halogens is 1. The van der Waals surface area contributed by atoms with E-state index in [0.29, 0.717) is 0 Å². The SMILES string of the molecule is NC1(Sc2cccc(Cl)c2)CC1.